The normalized spacial score (nSPS) is 12.2. The van der Waals surface area contributed by atoms with E-state index in [1.807, 2.05) is 24.3 Å². The van der Waals surface area contributed by atoms with Gasteiger partial charge < -0.3 is 20.1 Å². The van der Waals surface area contributed by atoms with Crippen LogP contribution in [-0.4, -0.2) is 19.2 Å². The maximum atomic E-state index is 11.9. The molecule has 1 heterocycles. The molecule has 0 radical (unpaired) electrons. The van der Waals surface area contributed by atoms with Crippen LogP contribution in [0.5, 0.6) is 11.5 Å². The van der Waals surface area contributed by atoms with Crippen LogP contribution in [0.2, 0.25) is 5.02 Å². The van der Waals surface area contributed by atoms with Crippen LogP contribution in [0, 0.1) is 0 Å². The van der Waals surface area contributed by atoms with Crippen molar-refractivity contribution < 1.29 is 14.3 Å². The molecule has 6 heteroatoms. The smallest absolute Gasteiger partial charge is 0.238 e. The average molecular weight is 319 g/mol. The Morgan fingerprint density at radius 2 is 1.95 bits per heavy atom. The van der Waals surface area contributed by atoms with Gasteiger partial charge in [0.05, 0.1) is 6.54 Å². The first-order valence-corrected chi connectivity index (χ1v) is 7.24. The number of amides is 1. The van der Waals surface area contributed by atoms with Gasteiger partial charge in [-0.3, -0.25) is 4.79 Å². The van der Waals surface area contributed by atoms with E-state index in [2.05, 4.69) is 10.6 Å². The second-order valence-corrected chi connectivity index (χ2v) is 5.22. The molecular formula is C16H15ClN2O3. The lowest BCUT2D eigenvalue weighted by Crippen LogP contribution is -2.27. The van der Waals surface area contributed by atoms with Crippen LogP contribution in [0.4, 0.5) is 5.69 Å². The largest absolute Gasteiger partial charge is 0.454 e. The number of carbonyl (C=O) groups is 1. The van der Waals surface area contributed by atoms with Crippen LogP contribution in [-0.2, 0) is 11.3 Å². The Morgan fingerprint density at radius 1 is 1.14 bits per heavy atom. The van der Waals surface area contributed by atoms with E-state index in [1.165, 1.54) is 0 Å². The summed E-state index contributed by atoms with van der Waals surface area (Å²) >= 11 is 6.06. The van der Waals surface area contributed by atoms with Crippen LogP contribution in [0.25, 0.3) is 0 Å². The van der Waals surface area contributed by atoms with Crippen LogP contribution in [0.3, 0.4) is 0 Å². The highest BCUT2D eigenvalue weighted by molar-refractivity contribution is 6.31. The van der Waals surface area contributed by atoms with Gasteiger partial charge in [-0.25, -0.2) is 0 Å². The number of nitrogens with one attached hydrogen (secondary N) is 2. The molecule has 2 N–H and O–H groups in total. The number of anilines is 1. The second-order valence-electron chi connectivity index (χ2n) is 4.81. The van der Waals surface area contributed by atoms with Gasteiger partial charge >= 0.3 is 0 Å². The van der Waals surface area contributed by atoms with Crippen molar-refractivity contribution in [1.29, 1.82) is 0 Å². The highest BCUT2D eigenvalue weighted by Gasteiger charge is 2.14. The van der Waals surface area contributed by atoms with Gasteiger partial charge in [0.2, 0.25) is 12.7 Å². The van der Waals surface area contributed by atoms with Gasteiger partial charge in [-0.2, -0.15) is 0 Å². The third-order valence-electron chi connectivity index (χ3n) is 3.22. The van der Waals surface area contributed by atoms with E-state index in [0.717, 1.165) is 5.56 Å². The van der Waals surface area contributed by atoms with Crippen LogP contribution >= 0.6 is 11.6 Å². The Labute approximate surface area is 133 Å². The predicted molar refractivity (Wildman–Crippen MR) is 84.4 cm³/mol. The molecule has 1 aliphatic heterocycles. The van der Waals surface area contributed by atoms with E-state index in [0.29, 0.717) is 28.8 Å². The highest BCUT2D eigenvalue weighted by Crippen LogP contribution is 2.34. The lowest BCUT2D eigenvalue weighted by molar-refractivity contribution is -0.115. The van der Waals surface area contributed by atoms with Crippen LogP contribution in [0.1, 0.15) is 5.56 Å². The summed E-state index contributed by atoms with van der Waals surface area (Å²) in [5.74, 6) is 1.20. The van der Waals surface area contributed by atoms with Crippen molar-refractivity contribution in [2.24, 2.45) is 0 Å². The van der Waals surface area contributed by atoms with Crippen molar-refractivity contribution in [2.45, 2.75) is 6.54 Å². The molecule has 22 heavy (non-hydrogen) atoms. The minimum atomic E-state index is -0.133. The number of carbonyl (C=O) groups excluding carboxylic acids is 1. The Balaban J connectivity index is 1.49. The summed E-state index contributed by atoms with van der Waals surface area (Å²) in [6.45, 7) is 0.944. The Morgan fingerprint density at radius 3 is 2.82 bits per heavy atom. The molecule has 0 atom stereocenters. The van der Waals surface area contributed by atoms with E-state index in [9.17, 15) is 4.79 Å². The molecule has 2 aromatic rings. The van der Waals surface area contributed by atoms with Crippen molar-refractivity contribution in [3.05, 3.63) is 53.1 Å². The third-order valence-corrected chi connectivity index (χ3v) is 3.58. The van der Waals surface area contributed by atoms with Gasteiger partial charge in [0.1, 0.15) is 0 Å². The van der Waals surface area contributed by atoms with Gasteiger partial charge in [0, 0.05) is 23.3 Å². The number of ether oxygens (including phenoxy) is 2. The first-order valence-electron chi connectivity index (χ1n) is 6.86. The molecule has 0 aliphatic carbocycles. The van der Waals surface area contributed by atoms with Crippen molar-refractivity contribution in [3.8, 4) is 11.5 Å². The topological polar surface area (TPSA) is 59.6 Å². The summed E-state index contributed by atoms with van der Waals surface area (Å²) in [5, 5.41) is 6.55. The first kappa shape index (κ1) is 14.7. The highest BCUT2D eigenvalue weighted by atomic mass is 35.5. The van der Waals surface area contributed by atoms with E-state index in [1.54, 1.807) is 18.2 Å². The fourth-order valence-electron chi connectivity index (χ4n) is 2.13. The van der Waals surface area contributed by atoms with Gasteiger partial charge in [-0.15, -0.1) is 0 Å². The lowest BCUT2D eigenvalue weighted by Gasteiger charge is -2.08. The maximum Gasteiger partial charge on any atom is 0.238 e. The summed E-state index contributed by atoms with van der Waals surface area (Å²) in [6.07, 6.45) is 0. The molecule has 5 nitrogen and oxygen atoms in total. The number of hydrogen-bond acceptors (Lipinski definition) is 4. The van der Waals surface area contributed by atoms with Crippen molar-refractivity contribution >= 4 is 23.2 Å². The molecule has 0 fully saturated rings. The molecule has 0 spiro atoms. The molecule has 1 amide bonds. The number of hydrogen-bond donors (Lipinski definition) is 2. The SMILES string of the molecule is O=C(CNCc1ccccc1Cl)Nc1ccc2c(c1)OCO2. The molecule has 0 bridgehead atoms. The predicted octanol–water partition coefficient (Wildman–Crippen LogP) is 2.80. The Bertz CT molecular complexity index is 691. The number of fused-ring (bicyclic) bond motifs is 1. The summed E-state index contributed by atoms with van der Waals surface area (Å²) in [7, 11) is 0. The first-order chi connectivity index (χ1) is 10.7. The monoisotopic (exact) mass is 318 g/mol. The molecule has 0 aromatic heterocycles. The molecule has 0 saturated carbocycles. The average Bonchev–Trinajstić information content (AvgIpc) is 2.97. The quantitative estimate of drug-likeness (QED) is 0.890. The summed E-state index contributed by atoms with van der Waals surface area (Å²) < 4.78 is 10.5. The summed E-state index contributed by atoms with van der Waals surface area (Å²) in [4.78, 5) is 11.9. The molecule has 0 saturated heterocycles. The zero-order chi connectivity index (χ0) is 15.4. The fourth-order valence-corrected chi connectivity index (χ4v) is 2.33. The minimum Gasteiger partial charge on any atom is -0.454 e. The Hall–Kier alpha value is -2.24. The van der Waals surface area contributed by atoms with Gasteiger partial charge in [0.15, 0.2) is 11.5 Å². The van der Waals surface area contributed by atoms with Crippen LogP contribution in [0.15, 0.2) is 42.5 Å². The number of benzene rings is 2. The van der Waals surface area contributed by atoms with E-state index >= 15 is 0 Å². The molecule has 1 aliphatic rings. The van der Waals surface area contributed by atoms with Gasteiger partial charge in [-0.1, -0.05) is 29.8 Å². The second kappa shape index (κ2) is 6.68. The zero-order valence-corrected chi connectivity index (χ0v) is 12.5. The summed E-state index contributed by atoms with van der Waals surface area (Å²) in [5.41, 5.74) is 1.63. The van der Waals surface area contributed by atoms with Gasteiger partial charge in [0.25, 0.3) is 0 Å². The Kier molecular flexibility index (Phi) is 4.46. The standard InChI is InChI=1S/C16H15ClN2O3/c17-13-4-2-1-3-11(13)8-18-9-16(20)19-12-5-6-14-15(7-12)22-10-21-14/h1-7,18H,8-10H2,(H,19,20). The third kappa shape index (κ3) is 3.50. The summed E-state index contributed by atoms with van der Waals surface area (Å²) in [6, 6.07) is 12.8. The van der Waals surface area contributed by atoms with E-state index < -0.39 is 0 Å². The number of halogens is 1. The zero-order valence-electron chi connectivity index (χ0n) is 11.8. The minimum absolute atomic E-state index is 0.133. The van der Waals surface area contributed by atoms with Crippen LogP contribution < -0.4 is 20.1 Å². The van der Waals surface area contributed by atoms with E-state index in [4.69, 9.17) is 21.1 Å². The van der Waals surface area contributed by atoms with Crippen molar-refractivity contribution in [3.63, 3.8) is 0 Å². The molecule has 2 aromatic carbocycles. The van der Waals surface area contributed by atoms with Crippen molar-refractivity contribution in [1.82, 2.24) is 5.32 Å². The maximum absolute atomic E-state index is 11.9. The molecule has 114 valence electrons. The molecule has 0 unspecified atom stereocenters. The van der Waals surface area contributed by atoms with E-state index in [-0.39, 0.29) is 19.2 Å². The number of rotatable bonds is 5. The van der Waals surface area contributed by atoms with Gasteiger partial charge in [-0.05, 0) is 23.8 Å². The lowest BCUT2D eigenvalue weighted by atomic mass is 10.2. The molecule has 3 rings (SSSR count). The molecular weight excluding hydrogens is 304 g/mol. The van der Waals surface area contributed by atoms with Crippen molar-refractivity contribution in [2.75, 3.05) is 18.7 Å². The fraction of sp³-hybridized carbons (Fsp3) is 0.188.